The van der Waals surface area contributed by atoms with E-state index < -0.39 is 0 Å². The van der Waals surface area contributed by atoms with Crippen molar-refractivity contribution in [1.82, 2.24) is 0 Å². The van der Waals surface area contributed by atoms with Crippen LogP contribution in [0.15, 0.2) is 42.0 Å². The van der Waals surface area contributed by atoms with Crippen LogP contribution < -0.4 is 0 Å². The molecule has 0 aliphatic heterocycles. The van der Waals surface area contributed by atoms with Gasteiger partial charge in [0.2, 0.25) is 0 Å². The van der Waals surface area contributed by atoms with E-state index in [1.165, 1.54) is 11.1 Å². The third-order valence-corrected chi connectivity index (χ3v) is 3.34. The quantitative estimate of drug-likeness (QED) is 0.693. The molecule has 1 aromatic rings. The van der Waals surface area contributed by atoms with Crippen molar-refractivity contribution in [3.05, 3.63) is 47.5 Å². The van der Waals surface area contributed by atoms with Crippen molar-refractivity contribution in [2.24, 2.45) is 0 Å². The van der Waals surface area contributed by atoms with Crippen molar-refractivity contribution in [2.45, 2.75) is 38.2 Å². The van der Waals surface area contributed by atoms with Gasteiger partial charge in [0.1, 0.15) is 0 Å². The van der Waals surface area contributed by atoms with Crippen molar-refractivity contribution in [1.29, 1.82) is 0 Å². The normalized spacial score (nSPS) is 29.3. The maximum atomic E-state index is 9.77. The molecule has 1 nitrogen and oxygen atoms in total. The van der Waals surface area contributed by atoms with Gasteiger partial charge in [-0.15, -0.1) is 0 Å². The number of hydrogen-bond donors (Lipinski definition) is 1. The van der Waals surface area contributed by atoms with Gasteiger partial charge in [-0.05, 0) is 43.2 Å². The average molecular weight is 202 g/mol. The predicted molar refractivity (Wildman–Crippen MR) is 62.8 cm³/mol. The number of rotatable bonds is 1. The summed E-state index contributed by atoms with van der Waals surface area (Å²) in [7, 11) is 0. The van der Waals surface area contributed by atoms with Crippen LogP contribution in [0.5, 0.6) is 0 Å². The van der Waals surface area contributed by atoms with Crippen molar-refractivity contribution in [3.8, 4) is 0 Å². The summed E-state index contributed by atoms with van der Waals surface area (Å²) in [5.41, 5.74) is 2.61. The first-order valence-corrected chi connectivity index (χ1v) is 5.69. The Morgan fingerprint density at radius 2 is 1.93 bits per heavy atom. The second-order valence-corrected chi connectivity index (χ2v) is 4.27. The van der Waals surface area contributed by atoms with Gasteiger partial charge in [-0.3, -0.25) is 0 Å². The molecule has 2 rings (SSSR count). The Bertz CT molecular complexity index is 340. The van der Waals surface area contributed by atoms with Crippen molar-refractivity contribution >= 4 is 0 Å². The summed E-state index contributed by atoms with van der Waals surface area (Å²) in [6, 6.07) is 10.6. The number of hydrogen-bond acceptors (Lipinski definition) is 1. The first-order chi connectivity index (χ1) is 7.31. The molecule has 0 radical (unpaired) electrons. The highest BCUT2D eigenvalue weighted by atomic mass is 16.3. The van der Waals surface area contributed by atoms with E-state index >= 15 is 0 Å². The summed E-state index contributed by atoms with van der Waals surface area (Å²) in [5.74, 6) is 0.598. The van der Waals surface area contributed by atoms with E-state index in [2.05, 4.69) is 36.4 Å². The molecule has 1 aliphatic rings. The molecule has 1 aromatic carbocycles. The summed E-state index contributed by atoms with van der Waals surface area (Å²) in [6.07, 6.45) is 4.89. The van der Waals surface area contributed by atoms with Crippen LogP contribution in [0.4, 0.5) is 0 Å². The lowest BCUT2D eigenvalue weighted by atomic mass is 9.80. The zero-order valence-corrected chi connectivity index (χ0v) is 9.19. The van der Waals surface area contributed by atoms with Gasteiger partial charge >= 0.3 is 0 Å². The number of benzene rings is 1. The Kier molecular flexibility index (Phi) is 3.22. The van der Waals surface area contributed by atoms with Crippen molar-refractivity contribution in [3.63, 3.8) is 0 Å². The van der Waals surface area contributed by atoms with E-state index in [1.807, 2.05) is 6.92 Å². The second kappa shape index (κ2) is 4.63. The molecule has 2 unspecified atom stereocenters. The highest BCUT2D eigenvalue weighted by Crippen LogP contribution is 2.35. The van der Waals surface area contributed by atoms with Crippen molar-refractivity contribution < 1.29 is 5.11 Å². The largest absolute Gasteiger partial charge is 0.389 e. The first-order valence-electron chi connectivity index (χ1n) is 5.69. The molecule has 0 spiro atoms. The second-order valence-electron chi connectivity index (χ2n) is 4.27. The summed E-state index contributed by atoms with van der Waals surface area (Å²) in [5, 5.41) is 9.77. The van der Waals surface area contributed by atoms with Gasteiger partial charge < -0.3 is 5.11 Å². The molecule has 1 saturated carbocycles. The van der Waals surface area contributed by atoms with Gasteiger partial charge in [-0.1, -0.05) is 36.4 Å². The van der Waals surface area contributed by atoms with E-state index in [9.17, 15) is 5.11 Å². The predicted octanol–water partition coefficient (Wildman–Crippen LogP) is 3.26. The molecule has 0 heterocycles. The topological polar surface area (TPSA) is 20.2 Å². The van der Waals surface area contributed by atoms with Crippen LogP contribution in [-0.2, 0) is 0 Å². The SMILES string of the molecule is C/C=C1/CC(c2ccccc2)CCC1O. The molecule has 0 saturated heterocycles. The smallest absolute Gasteiger partial charge is 0.0750 e. The molecule has 1 heteroatoms. The Labute approximate surface area is 91.4 Å². The molecule has 1 fully saturated rings. The fraction of sp³-hybridized carbons (Fsp3) is 0.429. The van der Waals surface area contributed by atoms with Crippen LogP contribution >= 0.6 is 0 Å². The lowest BCUT2D eigenvalue weighted by Crippen LogP contribution is -2.20. The highest BCUT2D eigenvalue weighted by molar-refractivity contribution is 5.24. The molecular formula is C14H18O. The minimum Gasteiger partial charge on any atom is -0.389 e. The fourth-order valence-electron chi connectivity index (χ4n) is 2.39. The molecule has 0 aromatic heterocycles. The summed E-state index contributed by atoms with van der Waals surface area (Å²) < 4.78 is 0. The van der Waals surface area contributed by atoms with Gasteiger partial charge in [0.15, 0.2) is 0 Å². The maximum Gasteiger partial charge on any atom is 0.0750 e. The number of allylic oxidation sites excluding steroid dienone is 1. The monoisotopic (exact) mass is 202 g/mol. The van der Waals surface area contributed by atoms with Crippen LogP contribution in [0.3, 0.4) is 0 Å². The Morgan fingerprint density at radius 3 is 2.60 bits per heavy atom. The van der Waals surface area contributed by atoms with Crippen LogP contribution in [0, 0.1) is 0 Å². The molecule has 1 N–H and O–H groups in total. The van der Waals surface area contributed by atoms with Crippen LogP contribution in [0.2, 0.25) is 0 Å². The van der Waals surface area contributed by atoms with E-state index in [1.54, 1.807) is 0 Å². The lowest BCUT2D eigenvalue weighted by molar-refractivity contribution is 0.171. The average Bonchev–Trinajstić information content (AvgIpc) is 2.31. The molecule has 80 valence electrons. The molecule has 1 aliphatic carbocycles. The van der Waals surface area contributed by atoms with Gasteiger partial charge in [0, 0.05) is 0 Å². The third-order valence-electron chi connectivity index (χ3n) is 3.34. The van der Waals surface area contributed by atoms with E-state index in [0.717, 1.165) is 19.3 Å². The van der Waals surface area contributed by atoms with Crippen LogP contribution in [0.25, 0.3) is 0 Å². The molecule has 0 bridgehead atoms. The van der Waals surface area contributed by atoms with Gasteiger partial charge in [-0.2, -0.15) is 0 Å². The van der Waals surface area contributed by atoms with E-state index in [0.29, 0.717) is 5.92 Å². The minimum absolute atomic E-state index is 0.199. The Hall–Kier alpha value is -1.08. The number of aliphatic hydroxyl groups is 1. The maximum absolute atomic E-state index is 9.77. The first kappa shape index (κ1) is 10.4. The fourth-order valence-corrected chi connectivity index (χ4v) is 2.39. The summed E-state index contributed by atoms with van der Waals surface area (Å²) >= 11 is 0. The Morgan fingerprint density at radius 1 is 1.20 bits per heavy atom. The van der Waals surface area contributed by atoms with E-state index in [4.69, 9.17) is 0 Å². The van der Waals surface area contributed by atoms with Crippen molar-refractivity contribution in [2.75, 3.05) is 0 Å². The zero-order chi connectivity index (χ0) is 10.7. The lowest BCUT2D eigenvalue weighted by Gasteiger charge is -2.28. The highest BCUT2D eigenvalue weighted by Gasteiger charge is 2.23. The summed E-state index contributed by atoms with van der Waals surface area (Å²) in [4.78, 5) is 0. The standard InChI is InChI=1S/C14H18O/c1-2-11-10-13(8-9-14(11)15)12-6-4-3-5-7-12/h2-7,13-15H,8-10H2,1H3/b11-2-. The third kappa shape index (κ3) is 2.29. The van der Waals surface area contributed by atoms with E-state index in [-0.39, 0.29) is 6.10 Å². The van der Waals surface area contributed by atoms with Crippen LogP contribution in [0.1, 0.15) is 37.7 Å². The molecule has 0 amide bonds. The van der Waals surface area contributed by atoms with Crippen LogP contribution in [-0.4, -0.2) is 11.2 Å². The summed E-state index contributed by atoms with van der Waals surface area (Å²) in [6.45, 7) is 2.02. The number of aliphatic hydroxyl groups excluding tert-OH is 1. The zero-order valence-electron chi connectivity index (χ0n) is 9.19. The Balaban J connectivity index is 2.13. The molecule has 2 atom stereocenters. The van der Waals surface area contributed by atoms with Gasteiger partial charge in [0.05, 0.1) is 6.10 Å². The minimum atomic E-state index is -0.199. The van der Waals surface area contributed by atoms with Gasteiger partial charge in [-0.25, -0.2) is 0 Å². The van der Waals surface area contributed by atoms with Gasteiger partial charge in [0.25, 0.3) is 0 Å². The molecule has 15 heavy (non-hydrogen) atoms. The molecular weight excluding hydrogens is 184 g/mol.